The van der Waals surface area contributed by atoms with Gasteiger partial charge in [-0.05, 0) is 80.4 Å². The molecule has 2 aromatic rings. The summed E-state index contributed by atoms with van der Waals surface area (Å²) in [6, 6.07) is 13.9. The van der Waals surface area contributed by atoms with E-state index in [4.69, 9.17) is 16.6 Å². The van der Waals surface area contributed by atoms with Crippen LogP contribution in [0.2, 0.25) is 0 Å². The van der Waals surface area contributed by atoms with Gasteiger partial charge in [-0.1, -0.05) is 43.2 Å². The Hall–Kier alpha value is -3.23. The van der Waals surface area contributed by atoms with Gasteiger partial charge in [-0.2, -0.15) is 0 Å². The van der Waals surface area contributed by atoms with E-state index in [0.717, 1.165) is 62.5 Å². The highest BCUT2D eigenvalue weighted by atomic mass is 16.4. The van der Waals surface area contributed by atoms with Crippen LogP contribution in [0, 0.1) is 0 Å². The van der Waals surface area contributed by atoms with Gasteiger partial charge in [-0.3, -0.25) is 14.4 Å². The Morgan fingerprint density at radius 1 is 0.838 bits per heavy atom. The number of benzene rings is 2. The molecule has 8 nitrogen and oxygen atoms in total. The number of unbranched alkanes of at least 4 members (excludes halogenated alkanes) is 4. The van der Waals surface area contributed by atoms with Gasteiger partial charge in [0.1, 0.15) is 6.54 Å². The molecular weight excluding hydrogens is 468 g/mol. The fraction of sp³-hybridized carbons (Fsp3) is 0.483. The molecule has 200 valence electrons. The highest BCUT2D eigenvalue weighted by molar-refractivity contribution is 6.09. The van der Waals surface area contributed by atoms with Crippen molar-refractivity contribution in [1.82, 2.24) is 4.90 Å². The molecule has 8 heteroatoms. The third kappa shape index (κ3) is 8.40. The zero-order valence-electron chi connectivity index (χ0n) is 21.7. The lowest BCUT2D eigenvalue weighted by atomic mass is 10.0. The van der Waals surface area contributed by atoms with E-state index in [1.165, 1.54) is 10.5 Å². The van der Waals surface area contributed by atoms with Gasteiger partial charge < -0.3 is 26.4 Å². The molecule has 5 N–H and O–H groups in total. The van der Waals surface area contributed by atoms with Crippen molar-refractivity contribution >= 4 is 23.5 Å². The van der Waals surface area contributed by atoms with E-state index < -0.39 is 5.97 Å². The Bertz CT molecular complexity index is 1070. The topological polar surface area (TPSA) is 130 Å². The summed E-state index contributed by atoms with van der Waals surface area (Å²) in [5, 5.41) is 9.17. The first-order valence-electron chi connectivity index (χ1n) is 13.3. The first-order valence-corrected chi connectivity index (χ1v) is 13.3. The maximum atomic E-state index is 13.5. The summed E-state index contributed by atoms with van der Waals surface area (Å²) in [5.74, 6) is -1.52. The number of hydrogen-bond acceptors (Lipinski definition) is 5. The minimum atomic E-state index is -1.00. The van der Waals surface area contributed by atoms with Crippen molar-refractivity contribution in [3.05, 3.63) is 64.7 Å². The number of carbonyl (C=O) groups excluding carboxylic acids is 2. The number of carboxylic acids is 1. The molecule has 3 rings (SSSR count). The fourth-order valence-electron chi connectivity index (χ4n) is 4.72. The quantitative estimate of drug-likeness (QED) is 0.316. The molecular formula is C29H40N4O4. The minimum absolute atomic E-state index is 0.00681. The van der Waals surface area contributed by atoms with Gasteiger partial charge in [0.15, 0.2) is 0 Å². The number of fused-ring (bicyclic) bond motifs is 1. The standard InChI is InChI=1S/C29H40N4O4/c30-15-5-2-1-3-8-23-12-13-26-25(19-23)29(37)32(17-14-28(35)36)21-27(34)33(26)20-24-11-7-10-22(18-24)9-4-6-16-31/h7,10-13,18-19H,1-6,8-9,14-17,20-21,30-31H2,(H,35,36). The summed E-state index contributed by atoms with van der Waals surface area (Å²) in [7, 11) is 0. The Balaban J connectivity index is 1.86. The van der Waals surface area contributed by atoms with Crippen LogP contribution in [0.25, 0.3) is 0 Å². The van der Waals surface area contributed by atoms with Crippen LogP contribution in [-0.2, 0) is 29.0 Å². The molecule has 0 bridgehead atoms. The average Bonchev–Trinajstić information content (AvgIpc) is 2.98. The molecule has 0 saturated heterocycles. The number of aliphatic carboxylic acids is 1. The van der Waals surface area contributed by atoms with Crippen LogP contribution in [0.4, 0.5) is 5.69 Å². The lowest BCUT2D eigenvalue weighted by Gasteiger charge is -2.23. The molecule has 0 spiro atoms. The summed E-state index contributed by atoms with van der Waals surface area (Å²) in [6.07, 6.45) is 7.67. The Labute approximate surface area is 219 Å². The Morgan fingerprint density at radius 2 is 1.49 bits per heavy atom. The molecule has 0 radical (unpaired) electrons. The van der Waals surface area contributed by atoms with Gasteiger partial charge in [0.2, 0.25) is 5.91 Å². The Morgan fingerprint density at radius 3 is 2.22 bits per heavy atom. The van der Waals surface area contributed by atoms with Crippen LogP contribution < -0.4 is 16.4 Å². The van der Waals surface area contributed by atoms with Crippen molar-refractivity contribution in [3.63, 3.8) is 0 Å². The molecule has 1 heterocycles. The van der Waals surface area contributed by atoms with Gasteiger partial charge in [0, 0.05) is 6.54 Å². The lowest BCUT2D eigenvalue weighted by molar-refractivity contribution is -0.137. The molecule has 0 atom stereocenters. The van der Waals surface area contributed by atoms with E-state index in [9.17, 15) is 14.4 Å². The van der Waals surface area contributed by atoms with Crippen LogP contribution in [0.15, 0.2) is 42.5 Å². The zero-order chi connectivity index (χ0) is 26.6. The molecule has 2 amide bonds. The van der Waals surface area contributed by atoms with Crippen molar-refractivity contribution in [2.24, 2.45) is 11.5 Å². The normalized spacial score (nSPS) is 13.6. The van der Waals surface area contributed by atoms with Gasteiger partial charge in [0.25, 0.3) is 5.91 Å². The molecule has 1 aliphatic rings. The smallest absolute Gasteiger partial charge is 0.305 e. The number of carbonyl (C=O) groups is 3. The number of carboxylic acid groups (broad SMARTS) is 1. The number of anilines is 1. The van der Waals surface area contributed by atoms with E-state index in [2.05, 4.69) is 12.1 Å². The van der Waals surface area contributed by atoms with Crippen LogP contribution in [-0.4, -0.2) is 54.0 Å². The largest absolute Gasteiger partial charge is 0.481 e. The predicted octanol–water partition coefficient (Wildman–Crippen LogP) is 3.49. The fourth-order valence-corrected chi connectivity index (χ4v) is 4.72. The van der Waals surface area contributed by atoms with Crippen LogP contribution >= 0.6 is 0 Å². The second kappa shape index (κ2) is 14.5. The number of hydrogen-bond donors (Lipinski definition) is 3. The van der Waals surface area contributed by atoms with E-state index in [1.54, 1.807) is 4.90 Å². The average molecular weight is 509 g/mol. The summed E-state index contributed by atoms with van der Waals surface area (Å²) >= 11 is 0. The third-order valence-corrected chi connectivity index (χ3v) is 6.76. The maximum absolute atomic E-state index is 13.5. The molecule has 2 aromatic carbocycles. The summed E-state index contributed by atoms with van der Waals surface area (Å²) < 4.78 is 0. The highest BCUT2D eigenvalue weighted by Gasteiger charge is 2.32. The zero-order valence-corrected chi connectivity index (χ0v) is 21.7. The summed E-state index contributed by atoms with van der Waals surface area (Å²) in [4.78, 5) is 41.1. The number of amides is 2. The molecule has 0 saturated carbocycles. The van der Waals surface area contributed by atoms with Gasteiger partial charge >= 0.3 is 5.97 Å². The van der Waals surface area contributed by atoms with Crippen molar-refractivity contribution in [2.75, 3.05) is 31.1 Å². The number of rotatable bonds is 15. The van der Waals surface area contributed by atoms with E-state index in [-0.39, 0.29) is 31.3 Å². The van der Waals surface area contributed by atoms with E-state index in [0.29, 0.717) is 30.9 Å². The van der Waals surface area contributed by atoms with Crippen molar-refractivity contribution in [1.29, 1.82) is 0 Å². The minimum Gasteiger partial charge on any atom is -0.481 e. The number of nitrogens with zero attached hydrogens (tertiary/aromatic N) is 2. The summed E-state index contributed by atoms with van der Waals surface area (Å²) in [5.41, 5.74) is 15.5. The molecule has 0 fully saturated rings. The monoisotopic (exact) mass is 508 g/mol. The van der Waals surface area contributed by atoms with Gasteiger partial charge in [0.05, 0.1) is 24.2 Å². The molecule has 37 heavy (non-hydrogen) atoms. The van der Waals surface area contributed by atoms with Gasteiger partial charge in [-0.25, -0.2) is 0 Å². The summed E-state index contributed by atoms with van der Waals surface area (Å²) in [6.45, 7) is 1.55. The third-order valence-electron chi connectivity index (χ3n) is 6.76. The lowest BCUT2D eigenvalue weighted by Crippen LogP contribution is -2.40. The van der Waals surface area contributed by atoms with Crippen LogP contribution in [0.5, 0.6) is 0 Å². The van der Waals surface area contributed by atoms with Crippen molar-refractivity contribution in [2.45, 2.75) is 64.3 Å². The van der Waals surface area contributed by atoms with Crippen LogP contribution in [0.3, 0.4) is 0 Å². The highest BCUT2D eigenvalue weighted by Crippen LogP contribution is 2.29. The number of aryl methyl sites for hydroxylation is 2. The molecule has 0 aliphatic carbocycles. The van der Waals surface area contributed by atoms with Gasteiger partial charge in [-0.15, -0.1) is 0 Å². The first kappa shape index (κ1) is 28.3. The molecule has 1 aliphatic heterocycles. The van der Waals surface area contributed by atoms with Crippen molar-refractivity contribution < 1.29 is 19.5 Å². The molecule has 0 unspecified atom stereocenters. The first-order chi connectivity index (χ1) is 17.9. The van der Waals surface area contributed by atoms with Crippen LogP contribution in [0.1, 0.15) is 72.0 Å². The molecule has 0 aromatic heterocycles. The van der Waals surface area contributed by atoms with E-state index in [1.807, 2.05) is 30.3 Å². The maximum Gasteiger partial charge on any atom is 0.305 e. The predicted molar refractivity (Wildman–Crippen MR) is 145 cm³/mol. The second-order valence-corrected chi connectivity index (χ2v) is 9.72. The van der Waals surface area contributed by atoms with E-state index >= 15 is 0 Å². The second-order valence-electron chi connectivity index (χ2n) is 9.72. The Kier molecular flexibility index (Phi) is 11.1. The SMILES string of the molecule is NCCCCCCc1ccc2c(c1)C(=O)N(CCC(=O)O)CC(=O)N2Cc1cccc(CCCCN)c1. The van der Waals surface area contributed by atoms with Crippen molar-refractivity contribution in [3.8, 4) is 0 Å². The number of nitrogens with two attached hydrogens (primary N) is 2.